The summed E-state index contributed by atoms with van der Waals surface area (Å²) >= 11 is 0. The molecule has 0 spiro atoms. The maximum atomic E-state index is 15.1. The highest BCUT2D eigenvalue weighted by Crippen LogP contribution is 2.45. The molecule has 8 heteroatoms. The van der Waals surface area contributed by atoms with E-state index in [1.54, 1.807) is 17.3 Å². The first-order valence-electron chi connectivity index (χ1n) is 13.4. The molecule has 194 valence electrons. The van der Waals surface area contributed by atoms with Gasteiger partial charge in [-0.1, -0.05) is 12.5 Å². The summed E-state index contributed by atoms with van der Waals surface area (Å²) in [6, 6.07) is 5.17. The van der Waals surface area contributed by atoms with Gasteiger partial charge in [-0.25, -0.2) is 13.8 Å². The number of unbranched alkanes of at least 4 members (excludes halogenated alkanes) is 2. The van der Waals surface area contributed by atoms with Crippen LogP contribution >= 0.6 is 0 Å². The van der Waals surface area contributed by atoms with Gasteiger partial charge in [0.25, 0.3) is 5.92 Å². The van der Waals surface area contributed by atoms with Crippen LogP contribution in [0.1, 0.15) is 85.7 Å². The maximum absolute atomic E-state index is 15.1. The molecule has 2 fully saturated rings. The molecule has 36 heavy (non-hydrogen) atoms. The minimum Gasteiger partial charge on any atom is -0.480 e. The molecule has 6 nitrogen and oxygen atoms in total. The van der Waals surface area contributed by atoms with Crippen molar-refractivity contribution in [3.8, 4) is 0 Å². The van der Waals surface area contributed by atoms with Crippen LogP contribution in [-0.4, -0.2) is 51.5 Å². The fraction of sp³-hybridized carbons (Fsp3) is 0.607. The van der Waals surface area contributed by atoms with Crippen LogP contribution in [0, 0.1) is 5.92 Å². The van der Waals surface area contributed by atoms with Crippen molar-refractivity contribution in [3.63, 3.8) is 0 Å². The number of hydrogen-bond acceptors (Lipinski definition) is 5. The SMILES string of the molecule is O=C(O)[C@@H](c1cnccc1C1CC1)N1CC[C@@H](C(F)(F)CCCCCc2ccc3c(n2)NCCC3)C1. The third kappa shape index (κ3) is 5.69. The van der Waals surface area contributed by atoms with Crippen molar-refractivity contribution in [1.82, 2.24) is 14.9 Å². The molecular weight excluding hydrogens is 462 g/mol. The second-order valence-corrected chi connectivity index (χ2v) is 10.7. The topological polar surface area (TPSA) is 78.3 Å². The number of nitrogens with one attached hydrogen (secondary N) is 1. The molecule has 3 aliphatic rings. The number of alkyl halides is 2. The van der Waals surface area contributed by atoms with Crippen molar-refractivity contribution < 1.29 is 18.7 Å². The summed E-state index contributed by atoms with van der Waals surface area (Å²) in [4.78, 5) is 22.8. The van der Waals surface area contributed by atoms with Gasteiger partial charge in [-0.15, -0.1) is 0 Å². The van der Waals surface area contributed by atoms with Crippen LogP contribution in [0.15, 0.2) is 30.6 Å². The Morgan fingerprint density at radius 2 is 2.06 bits per heavy atom. The number of anilines is 1. The van der Waals surface area contributed by atoms with Crippen LogP contribution in [0.3, 0.4) is 0 Å². The average molecular weight is 499 g/mol. The second kappa shape index (κ2) is 10.8. The maximum Gasteiger partial charge on any atom is 0.325 e. The van der Waals surface area contributed by atoms with Gasteiger partial charge in [-0.05, 0) is 87.1 Å². The summed E-state index contributed by atoms with van der Waals surface area (Å²) in [5.41, 5.74) is 3.95. The number of carboxylic acid groups (broad SMARTS) is 1. The van der Waals surface area contributed by atoms with Gasteiger partial charge >= 0.3 is 5.97 Å². The number of pyridine rings is 2. The molecule has 2 aliphatic heterocycles. The molecule has 5 rings (SSSR count). The van der Waals surface area contributed by atoms with E-state index >= 15 is 8.78 Å². The monoisotopic (exact) mass is 498 g/mol. The largest absolute Gasteiger partial charge is 0.480 e. The molecular formula is C28H36F2N4O2. The number of likely N-dealkylation sites (tertiary alicyclic amines) is 1. The number of carboxylic acids is 1. The predicted molar refractivity (Wildman–Crippen MR) is 134 cm³/mol. The number of aryl methyl sites for hydroxylation is 2. The smallest absolute Gasteiger partial charge is 0.325 e. The number of rotatable bonds is 11. The highest BCUT2D eigenvalue weighted by Gasteiger charge is 2.46. The van der Waals surface area contributed by atoms with Crippen LogP contribution < -0.4 is 5.32 Å². The van der Waals surface area contributed by atoms with Crippen LogP contribution in [0.4, 0.5) is 14.6 Å². The average Bonchev–Trinajstić information content (AvgIpc) is 3.60. The van der Waals surface area contributed by atoms with Crippen molar-refractivity contribution in [1.29, 1.82) is 0 Å². The van der Waals surface area contributed by atoms with E-state index in [9.17, 15) is 9.90 Å². The number of carbonyl (C=O) groups is 1. The minimum atomic E-state index is -2.79. The van der Waals surface area contributed by atoms with Crippen molar-refractivity contribution in [3.05, 3.63) is 53.0 Å². The Hall–Kier alpha value is -2.61. The lowest BCUT2D eigenvalue weighted by molar-refractivity contribution is -0.143. The Labute approximate surface area is 211 Å². The zero-order valence-electron chi connectivity index (χ0n) is 20.8. The summed E-state index contributed by atoms with van der Waals surface area (Å²) < 4.78 is 30.2. The van der Waals surface area contributed by atoms with Crippen molar-refractivity contribution in [2.24, 2.45) is 5.92 Å². The molecule has 2 aromatic rings. The first-order chi connectivity index (χ1) is 17.4. The van der Waals surface area contributed by atoms with Gasteiger partial charge in [0.05, 0.1) is 0 Å². The van der Waals surface area contributed by atoms with Crippen molar-refractivity contribution in [2.75, 3.05) is 25.0 Å². The Balaban J connectivity index is 1.11. The van der Waals surface area contributed by atoms with Crippen LogP contribution in [-0.2, 0) is 17.6 Å². The highest BCUT2D eigenvalue weighted by atomic mass is 19.3. The normalized spacial score (nSPS) is 21.1. The molecule has 0 radical (unpaired) electrons. The molecule has 0 amide bonds. The molecule has 0 bridgehead atoms. The van der Waals surface area contributed by atoms with Gasteiger partial charge in [0.2, 0.25) is 0 Å². The van der Waals surface area contributed by atoms with E-state index in [0.717, 1.165) is 68.6 Å². The van der Waals surface area contributed by atoms with E-state index in [-0.39, 0.29) is 13.0 Å². The van der Waals surface area contributed by atoms with Crippen LogP contribution in [0.5, 0.6) is 0 Å². The number of nitrogens with zero attached hydrogens (tertiary/aromatic N) is 3. The van der Waals surface area contributed by atoms with E-state index in [1.165, 1.54) is 5.56 Å². The second-order valence-electron chi connectivity index (χ2n) is 10.7. The van der Waals surface area contributed by atoms with Crippen molar-refractivity contribution in [2.45, 2.75) is 82.1 Å². The van der Waals surface area contributed by atoms with Gasteiger partial charge < -0.3 is 10.4 Å². The van der Waals surface area contributed by atoms with E-state index < -0.39 is 23.9 Å². The number of hydrogen-bond donors (Lipinski definition) is 2. The Kier molecular flexibility index (Phi) is 7.51. The number of aliphatic carboxylic acids is 1. The number of fused-ring (bicyclic) bond motifs is 1. The summed E-state index contributed by atoms with van der Waals surface area (Å²) in [5.74, 6) is -3.24. The fourth-order valence-electron chi connectivity index (χ4n) is 5.82. The fourth-order valence-corrected chi connectivity index (χ4v) is 5.82. The van der Waals surface area contributed by atoms with Gasteiger partial charge in [0.15, 0.2) is 0 Å². The van der Waals surface area contributed by atoms with Gasteiger partial charge in [0, 0.05) is 49.1 Å². The standard InChI is InChI=1S/C28H36F2N4O2/c29-28(30,13-3-1-2-6-22-10-9-20-5-4-14-32-26(20)33-22)21-12-16-34(18-21)25(27(35)36)24-17-31-15-11-23(24)19-7-8-19/h9-11,15,17,19,21,25H,1-8,12-14,16,18H2,(H,32,33)(H,35,36)/t21-,25-/m1/s1. The molecule has 2 atom stereocenters. The summed E-state index contributed by atoms with van der Waals surface area (Å²) in [6.07, 6.45) is 10.6. The molecule has 0 unspecified atom stereocenters. The first-order valence-corrected chi connectivity index (χ1v) is 13.4. The van der Waals surface area contributed by atoms with E-state index in [4.69, 9.17) is 4.98 Å². The molecule has 1 saturated heterocycles. The molecule has 0 aromatic carbocycles. The van der Waals surface area contributed by atoms with E-state index in [2.05, 4.69) is 22.4 Å². The molecule has 4 heterocycles. The predicted octanol–water partition coefficient (Wildman–Crippen LogP) is 5.60. The lowest BCUT2D eigenvalue weighted by atomic mass is 9.94. The molecule has 2 aromatic heterocycles. The zero-order chi connectivity index (χ0) is 25.1. The molecule has 2 N–H and O–H groups in total. The van der Waals surface area contributed by atoms with Crippen molar-refractivity contribution >= 4 is 11.8 Å². The zero-order valence-corrected chi connectivity index (χ0v) is 20.8. The third-order valence-corrected chi connectivity index (χ3v) is 8.01. The quantitative estimate of drug-likeness (QED) is 0.393. The van der Waals surface area contributed by atoms with E-state index in [0.29, 0.717) is 30.9 Å². The Morgan fingerprint density at radius 1 is 1.19 bits per heavy atom. The van der Waals surface area contributed by atoms with Gasteiger partial charge in [-0.2, -0.15) is 0 Å². The van der Waals surface area contributed by atoms with Gasteiger partial charge in [0.1, 0.15) is 11.9 Å². The minimum absolute atomic E-state index is 0.106. The number of aromatic nitrogens is 2. The Morgan fingerprint density at radius 3 is 2.86 bits per heavy atom. The molecule has 1 saturated carbocycles. The Bertz CT molecular complexity index is 1080. The third-order valence-electron chi connectivity index (χ3n) is 8.01. The lowest BCUT2D eigenvalue weighted by Gasteiger charge is -2.28. The van der Waals surface area contributed by atoms with Crippen LogP contribution in [0.2, 0.25) is 0 Å². The number of halogens is 2. The summed E-state index contributed by atoms with van der Waals surface area (Å²) in [5, 5.41) is 13.3. The highest BCUT2D eigenvalue weighted by molar-refractivity contribution is 5.76. The van der Waals surface area contributed by atoms with Gasteiger partial charge in [-0.3, -0.25) is 14.7 Å². The summed E-state index contributed by atoms with van der Waals surface area (Å²) in [7, 11) is 0. The van der Waals surface area contributed by atoms with E-state index in [1.807, 2.05) is 6.07 Å². The first kappa shape index (κ1) is 25.1. The lowest BCUT2D eigenvalue weighted by Crippen LogP contribution is -2.36. The molecule has 1 aliphatic carbocycles. The summed E-state index contributed by atoms with van der Waals surface area (Å²) in [6.45, 7) is 1.43. The van der Waals surface area contributed by atoms with Crippen LogP contribution in [0.25, 0.3) is 0 Å².